The standard InChI is InChI=1S/C9H19NO3S/c1-5-9(6-13-9)7-14(11,12)10-8(2,3)4/h10H,5-7H2,1-4H3. The Kier molecular flexibility index (Phi) is 2.96. The van der Waals surface area contributed by atoms with Crippen molar-refractivity contribution in [3.63, 3.8) is 0 Å². The Hall–Kier alpha value is -0.130. The molecule has 1 atom stereocenters. The summed E-state index contributed by atoms with van der Waals surface area (Å²) in [5, 5.41) is 0. The second-order valence-electron chi connectivity index (χ2n) is 4.94. The molecule has 1 aliphatic heterocycles. The molecule has 0 aliphatic carbocycles. The molecule has 0 amide bonds. The molecule has 0 bridgehead atoms. The predicted molar refractivity (Wildman–Crippen MR) is 55.6 cm³/mol. The largest absolute Gasteiger partial charge is 0.368 e. The van der Waals surface area contributed by atoms with Crippen molar-refractivity contribution in [3.05, 3.63) is 0 Å². The lowest BCUT2D eigenvalue weighted by Crippen LogP contribution is -2.44. The van der Waals surface area contributed by atoms with Crippen molar-refractivity contribution in [1.82, 2.24) is 4.72 Å². The Morgan fingerprint density at radius 3 is 2.21 bits per heavy atom. The summed E-state index contributed by atoms with van der Waals surface area (Å²) in [7, 11) is -3.22. The average Bonchev–Trinajstić information content (AvgIpc) is 2.62. The van der Waals surface area contributed by atoms with E-state index in [1.807, 2.05) is 27.7 Å². The number of nitrogens with one attached hydrogen (secondary N) is 1. The van der Waals surface area contributed by atoms with Gasteiger partial charge in [0.25, 0.3) is 0 Å². The summed E-state index contributed by atoms with van der Waals surface area (Å²) in [6.07, 6.45) is 0.748. The molecule has 0 aromatic rings. The van der Waals surface area contributed by atoms with Gasteiger partial charge in [0.05, 0.1) is 12.4 Å². The van der Waals surface area contributed by atoms with Crippen LogP contribution in [0.4, 0.5) is 0 Å². The predicted octanol–water partition coefficient (Wildman–Crippen LogP) is 0.883. The Balaban J connectivity index is 2.59. The van der Waals surface area contributed by atoms with E-state index in [0.29, 0.717) is 6.61 Å². The number of epoxide rings is 1. The van der Waals surface area contributed by atoms with Crippen LogP contribution in [0.1, 0.15) is 34.1 Å². The van der Waals surface area contributed by atoms with Crippen LogP contribution in [0.25, 0.3) is 0 Å². The van der Waals surface area contributed by atoms with E-state index in [2.05, 4.69) is 4.72 Å². The van der Waals surface area contributed by atoms with Gasteiger partial charge in [0.2, 0.25) is 10.0 Å². The topological polar surface area (TPSA) is 58.7 Å². The Morgan fingerprint density at radius 1 is 1.43 bits per heavy atom. The molecule has 1 N–H and O–H groups in total. The lowest BCUT2D eigenvalue weighted by atomic mass is 10.1. The first-order valence-electron chi connectivity index (χ1n) is 4.84. The van der Waals surface area contributed by atoms with Crippen LogP contribution in [0.5, 0.6) is 0 Å². The zero-order valence-corrected chi connectivity index (χ0v) is 10.1. The van der Waals surface area contributed by atoms with Crippen molar-refractivity contribution in [1.29, 1.82) is 0 Å². The first-order chi connectivity index (χ1) is 6.18. The maximum Gasteiger partial charge on any atom is 0.215 e. The van der Waals surface area contributed by atoms with Crippen LogP contribution in [0.15, 0.2) is 0 Å². The van der Waals surface area contributed by atoms with Crippen LogP contribution in [-0.4, -0.2) is 31.9 Å². The summed E-state index contributed by atoms with van der Waals surface area (Å²) in [5.41, 5.74) is -0.820. The lowest BCUT2D eigenvalue weighted by molar-refractivity contribution is 0.316. The van der Waals surface area contributed by atoms with Crippen LogP contribution in [0, 0.1) is 0 Å². The lowest BCUT2D eigenvalue weighted by Gasteiger charge is -2.21. The molecule has 0 aromatic carbocycles. The third-order valence-electron chi connectivity index (χ3n) is 2.11. The Bertz CT molecular complexity index is 299. The SMILES string of the molecule is CCC1(CS(=O)(=O)NC(C)(C)C)CO1. The van der Waals surface area contributed by atoms with Gasteiger partial charge in [0, 0.05) is 5.54 Å². The molecule has 1 fully saturated rings. The minimum Gasteiger partial charge on any atom is -0.368 e. The molecule has 5 heteroatoms. The second-order valence-corrected chi connectivity index (χ2v) is 6.66. The normalized spacial score (nSPS) is 27.7. The molecule has 1 saturated heterocycles. The first kappa shape index (κ1) is 11.9. The summed E-state index contributed by atoms with van der Waals surface area (Å²) in [6.45, 7) is 8.00. The van der Waals surface area contributed by atoms with Gasteiger partial charge in [-0.3, -0.25) is 0 Å². The van der Waals surface area contributed by atoms with Crippen molar-refractivity contribution in [2.45, 2.75) is 45.3 Å². The zero-order valence-electron chi connectivity index (χ0n) is 9.25. The highest BCUT2D eigenvalue weighted by molar-refractivity contribution is 7.89. The maximum atomic E-state index is 11.7. The van der Waals surface area contributed by atoms with Crippen LogP contribution in [-0.2, 0) is 14.8 Å². The zero-order chi connectivity index (χ0) is 11.0. The Labute approximate surface area is 86.1 Å². The fraction of sp³-hybridized carbons (Fsp3) is 1.00. The third kappa shape index (κ3) is 3.55. The molecule has 0 saturated carbocycles. The van der Waals surface area contributed by atoms with Gasteiger partial charge in [-0.15, -0.1) is 0 Å². The van der Waals surface area contributed by atoms with Crippen molar-refractivity contribution in [3.8, 4) is 0 Å². The van der Waals surface area contributed by atoms with E-state index < -0.39 is 21.2 Å². The van der Waals surface area contributed by atoms with E-state index in [9.17, 15) is 8.42 Å². The summed E-state index contributed by atoms with van der Waals surface area (Å²) < 4.78 is 31.1. The van der Waals surface area contributed by atoms with Crippen LogP contribution in [0.3, 0.4) is 0 Å². The van der Waals surface area contributed by atoms with Gasteiger partial charge in [-0.1, -0.05) is 6.92 Å². The average molecular weight is 221 g/mol. The molecule has 1 unspecified atom stereocenters. The quantitative estimate of drug-likeness (QED) is 0.717. The summed E-state index contributed by atoms with van der Waals surface area (Å²) in [5.74, 6) is 0.0772. The highest BCUT2D eigenvalue weighted by atomic mass is 32.2. The minimum absolute atomic E-state index is 0.0772. The van der Waals surface area contributed by atoms with Crippen molar-refractivity contribution in [2.75, 3.05) is 12.4 Å². The van der Waals surface area contributed by atoms with Gasteiger partial charge in [-0.2, -0.15) is 0 Å². The Morgan fingerprint density at radius 2 is 1.93 bits per heavy atom. The molecule has 0 radical (unpaired) electrons. The molecule has 1 aliphatic rings. The molecule has 0 aromatic heterocycles. The number of hydrogen-bond acceptors (Lipinski definition) is 3. The summed E-state index contributed by atoms with van der Waals surface area (Å²) in [6, 6.07) is 0. The fourth-order valence-electron chi connectivity index (χ4n) is 1.34. The number of sulfonamides is 1. The fourth-order valence-corrected chi connectivity index (χ4v) is 3.41. The molecule has 4 nitrogen and oxygen atoms in total. The van der Waals surface area contributed by atoms with E-state index in [0.717, 1.165) is 6.42 Å². The van der Waals surface area contributed by atoms with E-state index in [4.69, 9.17) is 4.74 Å². The van der Waals surface area contributed by atoms with E-state index in [-0.39, 0.29) is 5.75 Å². The second kappa shape index (κ2) is 3.47. The molecule has 0 spiro atoms. The van der Waals surface area contributed by atoms with Crippen LogP contribution >= 0.6 is 0 Å². The minimum atomic E-state index is -3.22. The highest BCUT2D eigenvalue weighted by Gasteiger charge is 2.47. The highest BCUT2D eigenvalue weighted by Crippen LogP contribution is 2.32. The summed E-state index contributed by atoms with van der Waals surface area (Å²) >= 11 is 0. The van der Waals surface area contributed by atoms with Crippen LogP contribution < -0.4 is 4.72 Å². The molecular formula is C9H19NO3S. The van der Waals surface area contributed by atoms with Gasteiger partial charge in [0.1, 0.15) is 5.60 Å². The molecule has 1 heterocycles. The third-order valence-corrected chi connectivity index (χ3v) is 3.94. The van der Waals surface area contributed by atoms with Crippen molar-refractivity contribution < 1.29 is 13.2 Å². The number of rotatable bonds is 4. The van der Waals surface area contributed by atoms with Gasteiger partial charge in [-0.05, 0) is 27.2 Å². The summed E-state index contributed by atoms with van der Waals surface area (Å²) in [4.78, 5) is 0. The number of ether oxygens (including phenoxy) is 1. The molecule has 84 valence electrons. The molecule has 1 rings (SSSR count). The van der Waals surface area contributed by atoms with E-state index in [1.165, 1.54) is 0 Å². The van der Waals surface area contributed by atoms with Gasteiger partial charge in [-0.25, -0.2) is 13.1 Å². The van der Waals surface area contributed by atoms with Gasteiger partial charge < -0.3 is 4.74 Å². The van der Waals surface area contributed by atoms with E-state index in [1.54, 1.807) is 0 Å². The smallest absolute Gasteiger partial charge is 0.215 e. The monoisotopic (exact) mass is 221 g/mol. The van der Waals surface area contributed by atoms with Crippen molar-refractivity contribution in [2.24, 2.45) is 0 Å². The number of hydrogen-bond donors (Lipinski definition) is 1. The van der Waals surface area contributed by atoms with Gasteiger partial charge in [0.15, 0.2) is 0 Å². The molecular weight excluding hydrogens is 202 g/mol. The maximum absolute atomic E-state index is 11.7. The van der Waals surface area contributed by atoms with Crippen LogP contribution in [0.2, 0.25) is 0 Å². The molecule has 14 heavy (non-hydrogen) atoms. The first-order valence-corrected chi connectivity index (χ1v) is 6.49. The van der Waals surface area contributed by atoms with Gasteiger partial charge >= 0.3 is 0 Å². The van der Waals surface area contributed by atoms with Crippen molar-refractivity contribution >= 4 is 10.0 Å². The van der Waals surface area contributed by atoms with E-state index >= 15 is 0 Å².